The van der Waals surface area contributed by atoms with Crippen LogP contribution in [0.5, 0.6) is 0 Å². The molecular formula is C13H19N3O. The lowest BCUT2D eigenvalue weighted by molar-refractivity contribution is 0.653. The Hall–Kier alpha value is -1.32. The molecule has 0 unspecified atom stereocenters. The number of hydrogen-bond acceptors (Lipinski definition) is 3. The van der Waals surface area contributed by atoms with Gasteiger partial charge in [-0.05, 0) is 38.5 Å². The fraction of sp³-hybridized carbons (Fsp3) is 0.692. The van der Waals surface area contributed by atoms with E-state index in [0.717, 1.165) is 36.9 Å². The second kappa shape index (κ2) is 4.51. The molecule has 2 aliphatic carbocycles. The number of aryl methyl sites for hydroxylation is 1. The van der Waals surface area contributed by atoms with E-state index in [2.05, 4.69) is 15.3 Å². The molecule has 0 bridgehead atoms. The molecule has 2 N–H and O–H groups in total. The molecule has 3 rings (SSSR count). The summed E-state index contributed by atoms with van der Waals surface area (Å²) in [6.07, 6.45) is 9.08. The zero-order valence-corrected chi connectivity index (χ0v) is 10.1. The Morgan fingerprint density at radius 2 is 1.88 bits per heavy atom. The molecule has 1 fully saturated rings. The predicted molar refractivity (Wildman–Crippen MR) is 67.4 cm³/mol. The molecule has 0 radical (unpaired) electrons. The fourth-order valence-corrected chi connectivity index (χ4v) is 2.94. The molecule has 0 spiro atoms. The van der Waals surface area contributed by atoms with Gasteiger partial charge >= 0.3 is 0 Å². The third-order valence-electron chi connectivity index (χ3n) is 3.89. The van der Waals surface area contributed by atoms with Crippen molar-refractivity contribution in [2.75, 3.05) is 5.32 Å². The first-order chi connectivity index (χ1) is 8.33. The first-order valence-corrected chi connectivity index (χ1v) is 6.71. The van der Waals surface area contributed by atoms with Gasteiger partial charge in [0.1, 0.15) is 0 Å². The van der Waals surface area contributed by atoms with Crippen LogP contribution >= 0.6 is 0 Å². The minimum absolute atomic E-state index is 0.0650. The monoisotopic (exact) mass is 233 g/mol. The molecule has 0 aromatic carbocycles. The zero-order valence-electron chi connectivity index (χ0n) is 10.1. The Balaban J connectivity index is 1.85. The van der Waals surface area contributed by atoms with E-state index in [1.54, 1.807) is 0 Å². The molecule has 1 aromatic rings. The average molecular weight is 233 g/mol. The maximum atomic E-state index is 11.9. The molecule has 0 aliphatic heterocycles. The van der Waals surface area contributed by atoms with Crippen molar-refractivity contribution in [2.45, 2.75) is 57.4 Å². The van der Waals surface area contributed by atoms with Crippen LogP contribution in [0.2, 0.25) is 0 Å². The van der Waals surface area contributed by atoms with Crippen LogP contribution in [0.15, 0.2) is 4.79 Å². The van der Waals surface area contributed by atoms with Crippen molar-refractivity contribution in [3.8, 4) is 0 Å². The summed E-state index contributed by atoms with van der Waals surface area (Å²) in [4.78, 5) is 19.4. The molecule has 1 saturated carbocycles. The van der Waals surface area contributed by atoms with Crippen LogP contribution in [-0.2, 0) is 12.8 Å². The van der Waals surface area contributed by atoms with Crippen LogP contribution in [0, 0.1) is 0 Å². The highest BCUT2D eigenvalue weighted by atomic mass is 16.1. The van der Waals surface area contributed by atoms with E-state index in [0.29, 0.717) is 12.0 Å². The Bertz CT molecular complexity index is 460. The van der Waals surface area contributed by atoms with Gasteiger partial charge in [0.2, 0.25) is 5.95 Å². The van der Waals surface area contributed by atoms with Crippen LogP contribution in [0.25, 0.3) is 0 Å². The molecule has 4 heteroatoms. The van der Waals surface area contributed by atoms with Crippen LogP contribution in [0.3, 0.4) is 0 Å². The van der Waals surface area contributed by atoms with Crippen molar-refractivity contribution >= 4 is 5.95 Å². The lowest BCUT2D eigenvalue weighted by Crippen LogP contribution is -2.25. The summed E-state index contributed by atoms with van der Waals surface area (Å²) in [7, 11) is 0. The van der Waals surface area contributed by atoms with Crippen LogP contribution in [0.4, 0.5) is 5.95 Å². The number of nitrogens with zero attached hydrogens (tertiary/aromatic N) is 1. The summed E-state index contributed by atoms with van der Waals surface area (Å²) in [5.41, 5.74) is 1.99. The molecule has 0 amide bonds. The molecular weight excluding hydrogens is 214 g/mol. The van der Waals surface area contributed by atoms with Gasteiger partial charge in [-0.15, -0.1) is 0 Å². The molecule has 92 valence electrons. The fourth-order valence-electron chi connectivity index (χ4n) is 2.94. The lowest BCUT2D eigenvalue weighted by atomic mass is 9.97. The number of aromatic amines is 1. The predicted octanol–water partition coefficient (Wildman–Crippen LogP) is 2.00. The standard InChI is InChI=1S/C13H19N3O/c17-12-10-7-3-4-8-11(10)15-13(16-12)14-9-5-1-2-6-9/h9H,1-8H2,(H2,14,15,16,17). The Morgan fingerprint density at radius 3 is 2.71 bits per heavy atom. The van der Waals surface area contributed by atoms with Gasteiger partial charge in [0, 0.05) is 11.6 Å². The third-order valence-corrected chi connectivity index (χ3v) is 3.89. The van der Waals surface area contributed by atoms with Crippen molar-refractivity contribution in [2.24, 2.45) is 0 Å². The van der Waals surface area contributed by atoms with Gasteiger partial charge < -0.3 is 5.32 Å². The summed E-state index contributed by atoms with van der Waals surface area (Å²) >= 11 is 0. The number of aromatic nitrogens is 2. The van der Waals surface area contributed by atoms with Crippen molar-refractivity contribution in [1.29, 1.82) is 0 Å². The van der Waals surface area contributed by atoms with Gasteiger partial charge in [-0.2, -0.15) is 0 Å². The first-order valence-electron chi connectivity index (χ1n) is 6.71. The van der Waals surface area contributed by atoms with E-state index in [4.69, 9.17) is 0 Å². The quantitative estimate of drug-likeness (QED) is 0.821. The average Bonchev–Trinajstić information content (AvgIpc) is 2.82. The summed E-state index contributed by atoms with van der Waals surface area (Å²) < 4.78 is 0. The number of hydrogen-bond donors (Lipinski definition) is 2. The summed E-state index contributed by atoms with van der Waals surface area (Å²) in [5.74, 6) is 0.683. The van der Waals surface area contributed by atoms with E-state index in [1.165, 1.54) is 25.7 Å². The van der Waals surface area contributed by atoms with Gasteiger partial charge in [0.15, 0.2) is 0 Å². The number of rotatable bonds is 2. The number of anilines is 1. The molecule has 0 saturated heterocycles. The highest BCUT2D eigenvalue weighted by Crippen LogP contribution is 2.21. The largest absolute Gasteiger partial charge is 0.353 e. The van der Waals surface area contributed by atoms with Gasteiger partial charge in [0.05, 0.1) is 5.69 Å². The van der Waals surface area contributed by atoms with Gasteiger partial charge in [0.25, 0.3) is 5.56 Å². The highest BCUT2D eigenvalue weighted by molar-refractivity contribution is 5.32. The lowest BCUT2D eigenvalue weighted by Gasteiger charge is -2.17. The SMILES string of the molecule is O=c1[nH]c(NC2CCCC2)nc2c1CCCC2. The van der Waals surface area contributed by atoms with Crippen LogP contribution in [-0.4, -0.2) is 16.0 Å². The van der Waals surface area contributed by atoms with Crippen molar-refractivity contribution < 1.29 is 0 Å². The molecule has 4 nitrogen and oxygen atoms in total. The smallest absolute Gasteiger partial charge is 0.255 e. The molecule has 1 aromatic heterocycles. The van der Waals surface area contributed by atoms with E-state index in [1.807, 2.05) is 0 Å². The third kappa shape index (κ3) is 2.21. The minimum Gasteiger partial charge on any atom is -0.353 e. The van der Waals surface area contributed by atoms with E-state index >= 15 is 0 Å². The Morgan fingerprint density at radius 1 is 1.12 bits per heavy atom. The van der Waals surface area contributed by atoms with Gasteiger partial charge in [-0.3, -0.25) is 9.78 Å². The molecule has 1 heterocycles. The Kier molecular flexibility index (Phi) is 2.87. The van der Waals surface area contributed by atoms with E-state index in [-0.39, 0.29) is 5.56 Å². The van der Waals surface area contributed by atoms with Gasteiger partial charge in [-0.1, -0.05) is 12.8 Å². The van der Waals surface area contributed by atoms with Crippen LogP contribution in [0.1, 0.15) is 49.8 Å². The van der Waals surface area contributed by atoms with Crippen LogP contribution < -0.4 is 10.9 Å². The van der Waals surface area contributed by atoms with Crippen molar-refractivity contribution in [1.82, 2.24) is 9.97 Å². The minimum atomic E-state index is 0.0650. The van der Waals surface area contributed by atoms with E-state index < -0.39 is 0 Å². The number of fused-ring (bicyclic) bond motifs is 1. The molecule has 2 aliphatic rings. The highest BCUT2D eigenvalue weighted by Gasteiger charge is 2.18. The molecule has 0 atom stereocenters. The maximum Gasteiger partial charge on any atom is 0.255 e. The van der Waals surface area contributed by atoms with E-state index in [9.17, 15) is 4.79 Å². The first kappa shape index (κ1) is 10.8. The maximum absolute atomic E-state index is 11.9. The second-order valence-corrected chi connectivity index (χ2v) is 5.17. The number of nitrogens with one attached hydrogen (secondary N) is 2. The second-order valence-electron chi connectivity index (χ2n) is 5.17. The van der Waals surface area contributed by atoms with Gasteiger partial charge in [-0.25, -0.2) is 4.98 Å². The van der Waals surface area contributed by atoms with Crippen molar-refractivity contribution in [3.05, 3.63) is 21.6 Å². The Labute approximate surface area is 101 Å². The number of H-pyrrole nitrogens is 1. The summed E-state index contributed by atoms with van der Waals surface area (Å²) in [5, 5.41) is 3.37. The van der Waals surface area contributed by atoms with Crippen molar-refractivity contribution in [3.63, 3.8) is 0 Å². The zero-order chi connectivity index (χ0) is 11.7. The topological polar surface area (TPSA) is 57.8 Å². The normalized spacial score (nSPS) is 20.2. The molecule has 17 heavy (non-hydrogen) atoms. The summed E-state index contributed by atoms with van der Waals surface area (Å²) in [6, 6.07) is 0.500. The summed E-state index contributed by atoms with van der Waals surface area (Å²) in [6.45, 7) is 0.